The van der Waals surface area contributed by atoms with Gasteiger partial charge in [0.15, 0.2) is 0 Å². The third kappa shape index (κ3) is 1.73. The Labute approximate surface area is 56.4 Å². The van der Waals surface area contributed by atoms with Crippen LogP contribution in [0.5, 0.6) is 0 Å². The van der Waals surface area contributed by atoms with Crippen LogP contribution >= 0.6 is 0 Å². The molecule has 54 valence electrons. The second-order valence-corrected chi connectivity index (χ2v) is 1.57. The molecule has 1 aromatic heterocycles. The zero-order valence-electron chi connectivity index (χ0n) is 5.07. The van der Waals surface area contributed by atoms with Crippen molar-refractivity contribution in [3.05, 3.63) is 11.9 Å². The molecule has 0 atom stereocenters. The minimum atomic E-state index is -0.817. The normalized spacial score (nSPS) is 9.20. The summed E-state index contributed by atoms with van der Waals surface area (Å²) in [6.07, 6.45) is 0.700. The van der Waals surface area contributed by atoms with Gasteiger partial charge in [-0.1, -0.05) is 5.21 Å². The number of nitrogens with one attached hydrogen (secondary N) is 1. The molecule has 1 rings (SSSR count). The fraction of sp³-hybridized carbons (Fsp3) is 0.250. The van der Waals surface area contributed by atoms with Crippen LogP contribution < -0.4 is 5.73 Å². The molecule has 0 radical (unpaired) electrons. The Balaban J connectivity index is 2.35. The molecule has 3 N–H and O–H groups in total. The van der Waals surface area contributed by atoms with Gasteiger partial charge >= 0.3 is 6.09 Å². The van der Waals surface area contributed by atoms with E-state index in [0.717, 1.165) is 0 Å². The van der Waals surface area contributed by atoms with E-state index in [0.29, 0.717) is 5.69 Å². The molecule has 1 amide bonds. The largest absolute Gasteiger partial charge is 0.443 e. The lowest BCUT2D eigenvalue weighted by Crippen LogP contribution is -2.12. The van der Waals surface area contributed by atoms with E-state index in [4.69, 9.17) is 0 Å². The lowest BCUT2D eigenvalue weighted by Gasteiger charge is -1.93. The number of carbonyl (C=O) groups is 1. The van der Waals surface area contributed by atoms with E-state index in [9.17, 15) is 4.79 Å². The van der Waals surface area contributed by atoms with E-state index in [1.807, 2.05) is 0 Å². The number of ether oxygens (including phenoxy) is 1. The van der Waals surface area contributed by atoms with Gasteiger partial charge < -0.3 is 10.5 Å². The molecule has 6 nitrogen and oxygen atoms in total. The predicted octanol–water partition coefficient (Wildman–Crippen LogP) is -0.600. The molecular formula is C4H6N4O2. The summed E-state index contributed by atoms with van der Waals surface area (Å²) in [4.78, 5) is 10.0. The second kappa shape index (κ2) is 2.81. The first-order valence-electron chi connectivity index (χ1n) is 2.56. The Morgan fingerprint density at radius 1 is 1.90 bits per heavy atom. The van der Waals surface area contributed by atoms with Gasteiger partial charge in [-0.15, -0.1) is 5.10 Å². The number of H-pyrrole nitrogens is 1. The van der Waals surface area contributed by atoms with E-state index >= 15 is 0 Å². The average Bonchev–Trinajstić information content (AvgIpc) is 2.34. The maximum absolute atomic E-state index is 10.0. The van der Waals surface area contributed by atoms with Crippen molar-refractivity contribution in [1.29, 1.82) is 0 Å². The number of rotatable bonds is 2. The maximum atomic E-state index is 10.0. The summed E-state index contributed by atoms with van der Waals surface area (Å²) in [5, 5.41) is 9.40. The minimum Gasteiger partial charge on any atom is -0.443 e. The van der Waals surface area contributed by atoms with Gasteiger partial charge in [-0.25, -0.2) is 4.79 Å². The predicted molar refractivity (Wildman–Crippen MR) is 30.8 cm³/mol. The highest BCUT2D eigenvalue weighted by molar-refractivity contribution is 5.64. The summed E-state index contributed by atoms with van der Waals surface area (Å²) in [6, 6.07) is 0. The lowest BCUT2D eigenvalue weighted by atomic mass is 10.5. The van der Waals surface area contributed by atoms with Gasteiger partial charge in [0.1, 0.15) is 12.3 Å². The van der Waals surface area contributed by atoms with Crippen LogP contribution in [0.2, 0.25) is 0 Å². The van der Waals surface area contributed by atoms with Gasteiger partial charge in [-0.2, -0.15) is 0 Å². The molecule has 0 spiro atoms. The number of hydrogen-bond acceptors (Lipinski definition) is 4. The van der Waals surface area contributed by atoms with Crippen molar-refractivity contribution >= 4 is 6.09 Å². The molecule has 0 aliphatic rings. The van der Waals surface area contributed by atoms with E-state index in [2.05, 4.69) is 25.9 Å². The summed E-state index contributed by atoms with van der Waals surface area (Å²) in [7, 11) is 0. The Bertz CT molecular complexity index is 207. The van der Waals surface area contributed by atoms with Crippen LogP contribution in [-0.4, -0.2) is 21.5 Å². The molecule has 0 saturated heterocycles. The van der Waals surface area contributed by atoms with Gasteiger partial charge in [0.05, 0.1) is 0 Å². The number of amides is 1. The highest BCUT2D eigenvalue weighted by Gasteiger charge is 1.97. The van der Waals surface area contributed by atoms with Crippen LogP contribution in [0, 0.1) is 0 Å². The third-order valence-corrected chi connectivity index (χ3v) is 0.830. The second-order valence-electron chi connectivity index (χ2n) is 1.57. The lowest BCUT2D eigenvalue weighted by molar-refractivity contribution is 0.149. The van der Waals surface area contributed by atoms with Gasteiger partial charge in [0.2, 0.25) is 0 Å². The van der Waals surface area contributed by atoms with Crippen LogP contribution in [0.25, 0.3) is 0 Å². The number of carbonyl (C=O) groups excluding carboxylic acids is 1. The zero-order valence-corrected chi connectivity index (χ0v) is 5.07. The standard InChI is InChI=1S/C4H6N4O2/c5-4(9)10-2-3-1-6-8-7-3/h1H,2H2,(H2,5,9)(H,6,7,8). The van der Waals surface area contributed by atoms with Gasteiger partial charge in [0.25, 0.3) is 0 Å². The first-order valence-corrected chi connectivity index (χ1v) is 2.56. The minimum absolute atomic E-state index is 0.0613. The molecule has 1 aromatic rings. The van der Waals surface area contributed by atoms with Crippen LogP contribution in [0.1, 0.15) is 5.69 Å². The molecule has 0 bridgehead atoms. The summed E-state index contributed by atoms with van der Waals surface area (Å²) < 4.78 is 4.40. The first-order chi connectivity index (χ1) is 4.79. The topological polar surface area (TPSA) is 93.9 Å². The smallest absolute Gasteiger partial charge is 0.404 e. The number of nitrogens with two attached hydrogens (primary N) is 1. The number of hydrogen-bond donors (Lipinski definition) is 2. The summed E-state index contributed by atoms with van der Waals surface area (Å²) in [6.45, 7) is 0.0613. The molecule has 6 heteroatoms. The molecule has 0 aromatic carbocycles. The first kappa shape index (κ1) is 6.53. The fourth-order valence-electron chi connectivity index (χ4n) is 0.441. The van der Waals surface area contributed by atoms with Crippen LogP contribution in [0.4, 0.5) is 4.79 Å². The van der Waals surface area contributed by atoms with Crippen molar-refractivity contribution in [1.82, 2.24) is 15.4 Å². The van der Waals surface area contributed by atoms with Crippen molar-refractivity contribution in [2.45, 2.75) is 6.61 Å². The molecule has 0 unspecified atom stereocenters. The van der Waals surface area contributed by atoms with Crippen molar-refractivity contribution in [2.75, 3.05) is 0 Å². The molecule has 0 saturated carbocycles. The SMILES string of the molecule is NC(=O)OCc1c[nH]nn1. The Morgan fingerprint density at radius 2 is 2.70 bits per heavy atom. The van der Waals surface area contributed by atoms with Crippen molar-refractivity contribution < 1.29 is 9.53 Å². The van der Waals surface area contributed by atoms with Crippen molar-refractivity contribution in [3.63, 3.8) is 0 Å². The Morgan fingerprint density at radius 3 is 3.20 bits per heavy atom. The van der Waals surface area contributed by atoms with Crippen LogP contribution in [0.15, 0.2) is 6.20 Å². The Kier molecular flexibility index (Phi) is 1.83. The van der Waals surface area contributed by atoms with Crippen LogP contribution in [0.3, 0.4) is 0 Å². The highest BCUT2D eigenvalue weighted by Crippen LogP contribution is 1.90. The third-order valence-electron chi connectivity index (χ3n) is 0.830. The molecule has 0 aliphatic heterocycles. The maximum Gasteiger partial charge on any atom is 0.404 e. The van der Waals surface area contributed by atoms with Gasteiger partial charge in [-0.05, 0) is 0 Å². The van der Waals surface area contributed by atoms with Crippen LogP contribution in [-0.2, 0) is 11.3 Å². The van der Waals surface area contributed by atoms with E-state index < -0.39 is 6.09 Å². The van der Waals surface area contributed by atoms with E-state index in [1.54, 1.807) is 0 Å². The van der Waals surface area contributed by atoms with E-state index in [1.165, 1.54) is 6.20 Å². The molecular weight excluding hydrogens is 136 g/mol. The molecule has 10 heavy (non-hydrogen) atoms. The number of primary amides is 1. The molecule has 0 aliphatic carbocycles. The monoisotopic (exact) mass is 142 g/mol. The number of aromatic nitrogens is 3. The van der Waals surface area contributed by atoms with Gasteiger partial charge in [-0.3, -0.25) is 5.10 Å². The van der Waals surface area contributed by atoms with E-state index in [-0.39, 0.29) is 6.61 Å². The zero-order chi connectivity index (χ0) is 7.40. The van der Waals surface area contributed by atoms with Crippen molar-refractivity contribution in [2.24, 2.45) is 5.73 Å². The average molecular weight is 142 g/mol. The molecule has 0 fully saturated rings. The number of aromatic amines is 1. The molecule has 1 heterocycles. The summed E-state index contributed by atoms with van der Waals surface area (Å²) in [5.74, 6) is 0. The number of nitrogens with zero attached hydrogens (tertiary/aromatic N) is 2. The summed E-state index contributed by atoms with van der Waals surface area (Å²) >= 11 is 0. The summed E-state index contributed by atoms with van der Waals surface area (Å²) in [5.41, 5.74) is 5.23. The Hall–Kier alpha value is -1.59. The fourth-order valence-corrected chi connectivity index (χ4v) is 0.441. The van der Waals surface area contributed by atoms with Crippen molar-refractivity contribution in [3.8, 4) is 0 Å². The quantitative estimate of drug-likeness (QED) is 0.576. The van der Waals surface area contributed by atoms with Gasteiger partial charge in [0, 0.05) is 6.20 Å². The highest BCUT2D eigenvalue weighted by atomic mass is 16.5.